The number of rotatable bonds is 4. The van der Waals surface area contributed by atoms with Crippen molar-refractivity contribution in [1.29, 1.82) is 0 Å². The number of hydrogen-bond donors (Lipinski definition) is 1. The summed E-state index contributed by atoms with van der Waals surface area (Å²) in [4.78, 5) is 22.3. The minimum atomic E-state index is -1.65. The van der Waals surface area contributed by atoms with Crippen molar-refractivity contribution < 1.29 is 28.6 Å². The van der Waals surface area contributed by atoms with Crippen molar-refractivity contribution >= 4 is 11.9 Å². The van der Waals surface area contributed by atoms with Crippen molar-refractivity contribution in [3.8, 4) is 0 Å². The van der Waals surface area contributed by atoms with Crippen molar-refractivity contribution in [2.75, 3.05) is 25.1 Å². The molecule has 0 atom stereocenters. The van der Waals surface area contributed by atoms with Gasteiger partial charge in [-0.1, -0.05) is 5.16 Å². The van der Waals surface area contributed by atoms with Gasteiger partial charge in [0.05, 0.1) is 0 Å². The summed E-state index contributed by atoms with van der Waals surface area (Å²) in [7, 11) is 0. The van der Waals surface area contributed by atoms with E-state index in [9.17, 15) is 14.9 Å². The number of nitrogens with zero attached hydrogens (tertiary/aromatic N) is 3. The molecule has 1 fully saturated rings. The molecule has 1 saturated heterocycles. The molecule has 0 unspecified atom stereocenters. The molecule has 11 heteroatoms. The standard InChI is InChI=1S/C11H16N4O7/c1-7-8(14-22-13-7)12-9(16)19-4-11(15(17)18)5-20-10(2,3)21-6-11/h4-6H2,1-3H3,(H,12,14,16). The summed E-state index contributed by atoms with van der Waals surface area (Å²) in [5.74, 6) is -0.830. The Morgan fingerprint density at radius 3 is 2.55 bits per heavy atom. The fourth-order valence-electron chi connectivity index (χ4n) is 1.62. The number of hydrogen-bond acceptors (Lipinski definition) is 9. The highest BCUT2D eigenvalue weighted by molar-refractivity contribution is 5.83. The van der Waals surface area contributed by atoms with Gasteiger partial charge in [0.15, 0.2) is 12.4 Å². The summed E-state index contributed by atoms with van der Waals surface area (Å²) in [6.07, 6.45) is -0.912. The van der Waals surface area contributed by atoms with E-state index in [-0.39, 0.29) is 19.0 Å². The lowest BCUT2D eigenvalue weighted by Crippen LogP contribution is -2.58. The number of anilines is 1. The molecule has 1 amide bonds. The molecule has 1 N–H and O–H groups in total. The molecule has 22 heavy (non-hydrogen) atoms. The predicted octanol–water partition coefficient (Wildman–Crippen LogP) is 0.725. The van der Waals surface area contributed by atoms with E-state index in [0.717, 1.165) is 0 Å². The van der Waals surface area contributed by atoms with Crippen molar-refractivity contribution in [3.63, 3.8) is 0 Å². The Balaban J connectivity index is 1.94. The van der Waals surface area contributed by atoms with Gasteiger partial charge < -0.3 is 14.2 Å². The van der Waals surface area contributed by atoms with E-state index in [0.29, 0.717) is 5.69 Å². The van der Waals surface area contributed by atoms with E-state index >= 15 is 0 Å². The Kier molecular flexibility index (Phi) is 4.28. The molecule has 2 heterocycles. The van der Waals surface area contributed by atoms with Gasteiger partial charge in [0.25, 0.3) is 0 Å². The van der Waals surface area contributed by atoms with Crippen molar-refractivity contribution in [2.45, 2.75) is 32.1 Å². The Hall–Kier alpha value is -2.27. The Morgan fingerprint density at radius 2 is 2.05 bits per heavy atom. The summed E-state index contributed by atoms with van der Waals surface area (Å²) in [6, 6.07) is 0. The molecule has 11 nitrogen and oxygen atoms in total. The van der Waals surface area contributed by atoms with Crippen LogP contribution in [0.15, 0.2) is 4.63 Å². The molecule has 1 aromatic rings. The molecule has 0 aromatic carbocycles. The molecule has 1 aliphatic heterocycles. The van der Waals surface area contributed by atoms with Crippen LogP contribution in [0.2, 0.25) is 0 Å². The summed E-state index contributed by atoms with van der Waals surface area (Å²) >= 11 is 0. The molecule has 1 aromatic heterocycles. The second-order valence-electron chi connectivity index (χ2n) is 5.36. The van der Waals surface area contributed by atoms with Gasteiger partial charge in [0.1, 0.15) is 18.9 Å². The molecule has 0 spiro atoms. The van der Waals surface area contributed by atoms with Crippen molar-refractivity contribution in [3.05, 3.63) is 15.8 Å². The fraction of sp³-hybridized carbons (Fsp3) is 0.727. The largest absolute Gasteiger partial charge is 0.441 e. The highest BCUT2D eigenvalue weighted by Crippen LogP contribution is 2.26. The number of amides is 1. The Morgan fingerprint density at radius 1 is 1.41 bits per heavy atom. The number of ether oxygens (including phenoxy) is 3. The van der Waals surface area contributed by atoms with Crippen LogP contribution in [0.25, 0.3) is 0 Å². The zero-order chi connectivity index (χ0) is 16.4. The first kappa shape index (κ1) is 16.1. The predicted molar refractivity (Wildman–Crippen MR) is 69.7 cm³/mol. The van der Waals surface area contributed by atoms with Crippen LogP contribution < -0.4 is 5.32 Å². The smallest absolute Gasteiger partial charge is 0.413 e. The lowest BCUT2D eigenvalue weighted by atomic mass is 10.0. The van der Waals surface area contributed by atoms with Gasteiger partial charge in [-0.3, -0.25) is 15.4 Å². The zero-order valence-electron chi connectivity index (χ0n) is 12.3. The van der Waals surface area contributed by atoms with Gasteiger partial charge in [-0.05, 0) is 25.9 Å². The van der Waals surface area contributed by atoms with Gasteiger partial charge in [-0.2, -0.15) is 0 Å². The van der Waals surface area contributed by atoms with E-state index < -0.39 is 28.9 Å². The normalized spacial score (nSPS) is 19.4. The third-order valence-corrected chi connectivity index (χ3v) is 3.11. The van der Waals surface area contributed by atoms with Crippen LogP contribution in [0.1, 0.15) is 19.5 Å². The second kappa shape index (κ2) is 5.85. The number of nitrogens with one attached hydrogen (secondary N) is 1. The summed E-state index contributed by atoms with van der Waals surface area (Å²) < 4.78 is 19.9. The summed E-state index contributed by atoms with van der Waals surface area (Å²) in [6.45, 7) is 3.88. The van der Waals surface area contributed by atoms with Gasteiger partial charge >= 0.3 is 11.6 Å². The van der Waals surface area contributed by atoms with Crippen LogP contribution >= 0.6 is 0 Å². The molecule has 0 bridgehead atoms. The SMILES string of the molecule is Cc1nonc1NC(=O)OCC1([N+](=O)[O-])COC(C)(C)OC1. The number of aryl methyl sites for hydroxylation is 1. The monoisotopic (exact) mass is 316 g/mol. The first-order chi connectivity index (χ1) is 10.2. The third kappa shape index (κ3) is 3.49. The van der Waals surface area contributed by atoms with E-state index in [4.69, 9.17) is 14.2 Å². The third-order valence-electron chi connectivity index (χ3n) is 3.11. The van der Waals surface area contributed by atoms with Crippen molar-refractivity contribution in [1.82, 2.24) is 10.3 Å². The minimum Gasteiger partial charge on any atom is -0.441 e. The van der Waals surface area contributed by atoms with Crippen LogP contribution in [-0.2, 0) is 14.2 Å². The Bertz CT molecular complexity index is 561. The van der Waals surface area contributed by atoms with Gasteiger partial charge in [-0.25, -0.2) is 9.42 Å². The van der Waals surface area contributed by atoms with E-state index in [1.807, 2.05) is 0 Å². The lowest BCUT2D eigenvalue weighted by molar-refractivity contribution is -0.598. The number of nitro groups is 1. The molecule has 2 rings (SSSR count). The van der Waals surface area contributed by atoms with Gasteiger partial charge in [0.2, 0.25) is 5.82 Å². The van der Waals surface area contributed by atoms with E-state index in [2.05, 4.69) is 20.3 Å². The maximum absolute atomic E-state index is 11.7. The molecular formula is C11H16N4O7. The zero-order valence-corrected chi connectivity index (χ0v) is 12.3. The molecular weight excluding hydrogens is 300 g/mol. The number of carbonyl (C=O) groups excluding carboxylic acids is 1. The van der Waals surface area contributed by atoms with Crippen LogP contribution in [0.5, 0.6) is 0 Å². The maximum atomic E-state index is 11.7. The highest BCUT2D eigenvalue weighted by Gasteiger charge is 2.51. The van der Waals surface area contributed by atoms with Gasteiger partial charge in [0, 0.05) is 4.92 Å². The molecule has 0 radical (unpaired) electrons. The first-order valence-corrected chi connectivity index (χ1v) is 6.39. The van der Waals surface area contributed by atoms with Crippen LogP contribution in [0.4, 0.5) is 10.6 Å². The topological polar surface area (TPSA) is 139 Å². The van der Waals surface area contributed by atoms with E-state index in [1.54, 1.807) is 20.8 Å². The number of carbonyl (C=O) groups is 1. The maximum Gasteiger partial charge on any atom is 0.413 e. The van der Waals surface area contributed by atoms with Crippen LogP contribution in [0, 0.1) is 17.0 Å². The molecule has 122 valence electrons. The Labute approximate surface area is 125 Å². The molecule has 0 aliphatic carbocycles. The van der Waals surface area contributed by atoms with Crippen LogP contribution in [0.3, 0.4) is 0 Å². The second-order valence-corrected chi connectivity index (χ2v) is 5.36. The molecule has 1 aliphatic rings. The average Bonchev–Trinajstić information content (AvgIpc) is 2.83. The first-order valence-electron chi connectivity index (χ1n) is 6.39. The fourth-order valence-corrected chi connectivity index (χ4v) is 1.62. The highest BCUT2D eigenvalue weighted by atomic mass is 16.7. The quantitative estimate of drug-likeness (QED) is 0.628. The average molecular weight is 316 g/mol. The van der Waals surface area contributed by atoms with Crippen molar-refractivity contribution in [2.24, 2.45) is 0 Å². The van der Waals surface area contributed by atoms with Crippen LogP contribution in [-0.4, -0.2) is 52.5 Å². The number of aromatic nitrogens is 2. The van der Waals surface area contributed by atoms with Gasteiger partial charge in [-0.15, -0.1) is 0 Å². The minimum absolute atomic E-state index is 0.0810. The summed E-state index contributed by atoms with van der Waals surface area (Å²) in [5, 5.41) is 20.5. The molecule has 0 saturated carbocycles. The summed E-state index contributed by atoms with van der Waals surface area (Å²) in [5.41, 5.74) is -1.30. The van der Waals surface area contributed by atoms with E-state index in [1.165, 1.54) is 0 Å². The lowest BCUT2D eigenvalue weighted by Gasteiger charge is -2.37.